The van der Waals surface area contributed by atoms with Gasteiger partial charge in [-0.2, -0.15) is 0 Å². The predicted octanol–water partition coefficient (Wildman–Crippen LogP) is 0.943. The largest absolute Gasteiger partial charge is 0.491 e. The van der Waals surface area contributed by atoms with Gasteiger partial charge in [-0.3, -0.25) is 9.59 Å². The summed E-state index contributed by atoms with van der Waals surface area (Å²) >= 11 is 0. The molecule has 0 heterocycles. The van der Waals surface area contributed by atoms with Crippen LogP contribution in [0.15, 0.2) is 24.3 Å². The Labute approximate surface area is 137 Å². The third-order valence-corrected chi connectivity index (χ3v) is 3.26. The second-order valence-electron chi connectivity index (χ2n) is 6.53. The van der Waals surface area contributed by atoms with Gasteiger partial charge in [0.1, 0.15) is 12.4 Å². The number of rotatable bonds is 7. The van der Waals surface area contributed by atoms with Gasteiger partial charge in [0.25, 0.3) is 0 Å². The Morgan fingerprint density at radius 1 is 1.17 bits per heavy atom. The molecule has 0 aliphatic carbocycles. The molecule has 6 heteroatoms. The lowest BCUT2D eigenvalue weighted by atomic mass is 9.87. The van der Waals surface area contributed by atoms with Crippen LogP contribution in [0.1, 0.15) is 33.3 Å². The Morgan fingerprint density at radius 2 is 1.78 bits per heavy atom. The van der Waals surface area contributed by atoms with Crippen LogP contribution < -0.4 is 21.1 Å². The SMILES string of the molecule is CC(COc1ccc(C(C)(C)C)cc1)NC(=O)CNC(=O)CN. The van der Waals surface area contributed by atoms with Gasteiger partial charge in [0.05, 0.1) is 19.1 Å². The number of carbonyl (C=O) groups excluding carboxylic acids is 2. The van der Waals surface area contributed by atoms with Gasteiger partial charge < -0.3 is 21.1 Å². The van der Waals surface area contributed by atoms with E-state index in [1.54, 1.807) is 0 Å². The first kappa shape index (κ1) is 19.0. The Morgan fingerprint density at radius 3 is 2.30 bits per heavy atom. The zero-order valence-corrected chi connectivity index (χ0v) is 14.3. The van der Waals surface area contributed by atoms with Crippen molar-refractivity contribution in [1.82, 2.24) is 10.6 Å². The highest BCUT2D eigenvalue weighted by Crippen LogP contribution is 2.24. The molecule has 6 nitrogen and oxygen atoms in total. The minimum absolute atomic E-state index is 0.0827. The molecule has 1 rings (SSSR count). The van der Waals surface area contributed by atoms with E-state index in [9.17, 15) is 9.59 Å². The van der Waals surface area contributed by atoms with Gasteiger partial charge in [-0.1, -0.05) is 32.9 Å². The van der Waals surface area contributed by atoms with Crippen LogP contribution >= 0.6 is 0 Å². The van der Waals surface area contributed by atoms with Gasteiger partial charge in [0.15, 0.2) is 0 Å². The molecule has 23 heavy (non-hydrogen) atoms. The summed E-state index contributed by atoms with van der Waals surface area (Å²) in [6.45, 7) is 8.45. The molecule has 128 valence electrons. The standard InChI is InChI=1S/C17H27N3O3/c1-12(20-16(22)10-19-15(21)9-18)11-23-14-7-5-13(6-8-14)17(2,3)4/h5-8,12H,9-11,18H2,1-4H3,(H,19,21)(H,20,22). The maximum Gasteiger partial charge on any atom is 0.239 e. The van der Waals surface area contributed by atoms with Gasteiger partial charge in [-0.25, -0.2) is 0 Å². The summed E-state index contributed by atoms with van der Waals surface area (Å²) in [5, 5.41) is 5.16. The molecule has 1 aromatic carbocycles. The molecule has 1 unspecified atom stereocenters. The van der Waals surface area contributed by atoms with E-state index in [-0.39, 0.29) is 36.4 Å². The number of nitrogens with one attached hydrogen (secondary N) is 2. The average Bonchev–Trinajstić information content (AvgIpc) is 2.50. The minimum atomic E-state index is -0.358. The van der Waals surface area contributed by atoms with Crippen LogP contribution in [0, 0.1) is 0 Å². The number of amides is 2. The van der Waals surface area contributed by atoms with Crippen LogP contribution in [0.5, 0.6) is 5.75 Å². The summed E-state index contributed by atoms with van der Waals surface area (Å²) in [5.41, 5.74) is 6.49. The molecule has 0 fully saturated rings. The molecule has 0 bridgehead atoms. The van der Waals surface area contributed by atoms with Gasteiger partial charge in [-0.05, 0) is 30.0 Å². The molecule has 2 amide bonds. The lowest BCUT2D eigenvalue weighted by molar-refractivity contribution is -0.125. The fraction of sp³-hybridized carbons (Fsp3) is 0.529. The van der Waals surface area contributed by atoms with Gasteiger partial charge in [0, 0.05) is 0 Å². The highest BCUT2D eigenvalue weighted by Gasteiger charge is 2.13. The summed E-state index contributed by atoms with van der Waals surface area (Å²) in [6, 6.07) is 7.77. The van der Waals surface area contributed by atoms with Crippen molar-refractivity contribution in [1.29, 1.82) is 0 Å². The lowest BCUT2D eigenvalue weighted by Crippen LogP contribution is -2.44. The number of carbonyl (C=O) groups is 2. The van der Waals surface area contributed by atoms with Crippen LogP contribution in [0.3, 0.4) is 0 Å². The second-order valence-corrected chi connectivity index (χ2v) is 6.53. The van der Waals surface area contributed by atoms with Crippen molar-refractivity contribution in [2.75, 3.05) is 19.7 Å². The summed E-state index contributed by atoms with van der Waals surface area (Å²) in [5.74, 6) is 0.129. The molecule has 0 saturated carbocycles. The van der Waals surface area contributed by atoms with Crippen LogP contribution in [0.4, 0.5) is 0 Å². The number of hydrogen-bond donors (Lipinski definition) is 3. The van der Waals surface area contributed by atoms with Gasteiger partial charge >= 0.3 is 0 Å². The zero-order valence-electron chi connectivity index (χ0n) is 14.3. The van der Waals surface area contributed by atoms with Crippen molar-refractivity contribution in [3.63, 3.8) is 0 Å². The highest BCUT2D eigenvalue weighted by atomic mass is 16.5. The maximum absolute atomic E-state index is 11.6. The van der Waals surface area contributed by atoms with E-state index in [0.717, 1.165) is 5.75 Å². The minimum Gasteiger partial charge on any atom is -0.491 e. The Hall–Kier alpha value is -2.08. The number of nitrogens with two attached hydrogens (primary N) is 1. The van der Waals surface area contributed by atoms with E-state index >= 15 is 0 Å². The van der Waals surface area contributed by atoms with E-state index < -0.39 is 0 Å². The quantitative estimate of drug-likeness (QED) is 0.697. The zero-order chi connectivity index (χ0) is 17.5. The third-order valence-electron chi connectivity index (χ3n) is 3.26. The van der Waals surface area contributed by atoms with Crippen molar-refractivity contribution in [2.24, 2.45) is 5.73 Å². The summed E-state index contributed by atoms with van der Waals surface area (Å²) in [6.07, 6.45) is 0. The molecule has 0 aromatic heterocycles. The summed E-state index contributed by atoms with van der Waals surface area (Å²) in [7, 11) is 0. The topological polar surface area (TPSA) is 93.5 Å². The summed E-state index contributed by atoms with van der Waals surface area (Å²) in [4.78, 5) is 22.6. The molecule has 0 radical (unpaired) electrons. The monoisotopic (exact) mass is 321 g/mol. The first-order chi connectivity index (χ1) is 10.7. The normalized spacial score (nSPS) is 12.4. The lowest BCUT2D eigenvalue weighted by Gasteiger charge is -2.20. The van der Waals surface area contributed by atoms with E-state index in [4.69, 9.17) is 10.5 Å². The van der Waals surface area contributed by atoms with Crippen molar-refractivity contribution in [3.05, 3.63) is 29.8 Å². The molecule has 0 aliphatic rings. The fourth-order valence-electron chi connectivity index (χ4n) is 1.89. The molecule has 0 saturated heterocycles. The molecule has 1 atom stereocenters. The van der Waals surface area contributed by atoms with Crippen molar-refractivity contribution in [2.45, 2.75) is 39.2 Å². The smallest absolute Gasteiger partial charge is 0.239 e. The molecule has 4 N–H and O–H groups in total. The Bertz CT molecular complexity index is 521. The van der Waals surface area contributed by atoms with E-state index in [0.29, 0.717) is 6.61 Å². The number of benzene rings is 1. The Balaban J connectivity index is 2.37. The number of ether oxygens (including phenoxy) is 1. The second kappa shape index (κ2) is 8.53. The van der Waals surface area contributed by atoms with Crippen molar-refractivity contribution in [3.8, 4) is 5.75 Å². The van der Waals surface area contributed by atoms with Crippen LogP contribution in [-0.2, 0) is 15.0 Å². The highest BCUT2D eigenvalue weighted by molar-refractivity contribution is 5.85. The van der Waals surface area contributed by atoms with Gasteiger partial charge in [-0.15, -0.1) is 0 Å². The summed E-state index contributed by atoms with van der Waals surface area (Å²) < 4.78 is 5.66. The average molecular weight is 321 g/mol. The maximum atomic E-state index is 11.6. The first-order valence-corrected chi connectivity index (χ1v) is 7.72. The van der Waals surface area contributed by atoms with Crippen molar-refractivity contribution >= 4 is 11.8 Å². The molecule has 0 aliphatic heterocycles. The molecular weight excluding hydrogens is 294 g/mol. The van der Waals surface area contributed by atoms with E-state index in [2.05, 4.69) is 31.4 Å². The predicted molar refractivity (Wildman–Crippen MR) is 90.3 cm³/mol. The van der Waals surface area contributed by atoms with E-state index in [1.165, 1.54) is 5.56 Å². The van der Waals surface area contributed by atoms with Crippen molar-refractivity contribution < 1.29 is 14.3 Å². The van der Waals surface area contributed by atoms with E-state index in [1.807, 2.05) is 31.2 Å². The van der Waals surface area contributed by atoms with Gasteiger partial charge in [0.2, 0.25) is 11.8 Å². The molecule has 1 aromatic rings. The molecular formula is C17H27N3O3. The Kier molecular flexibility index (Phi) is 7.03. The first-order valence-electron chi connectivity index (χ1n) is 7.72. The van der Waals surface area contributed by atoms with Crippen LogP contribution in [0.2, 0.25) is 0 Å². The third kappa shape index (κ3) is 7.15. The molecule has 0 spiro atoms. The van der Waals surface area contributed by atoms with Crippen LogP contribution in [0.25, 0.3) is 0 Å². The fourth-order valence-corrected chi connectivity index (χ4v) is 1.89. The van der Waals surface area contributed by atoms with Crippen LogP contribution in [-0.4, -0.2) is 37.6 Å². The number of hydrogen-bond acceptors (Lipinski definition) is 4.